The molecule has 7 nitrogen and oxygen atoms in total. The van der Waals surface area contributed by atoms with Crippen LogP contribution < -0.4 is 0 Å². The lowest BCUT2D eigenvalue weighted by molar-refractivity contribution is -0.160. The van der Waals surface area contributed by atoms with Gasteiger partial charge in [-0.15, -0.1) is 0 Å². The van der Waals surface area contributed by atoms with Crippen molar-refractivity contribution < 1.29 is 29.0 Å². The van der Waals surface area contributed by atoms with Gasteiger partial charge in [-0.25, -0.2) is 9.69 Å². The molecule has 0 bridgehead atoms. The number of imide groups is 1. The smallest absolute Gasteiger partial charge is 0.416 e. The molecule has 160 valence electrons. The number of nitrogens with zero attached hydrogens (tertiary/aromatic N) is 1. The fraction of sp³-hybridized carbons (Fsp3) is 0.591. The maximum absolute atomic E-state index is 13.2. The topological polar surface area (TPSA) is 93.1 Å². The van der Waals surface area contributed by atoms with E-state index in [1.54, 1.807) is 20.8 Å². The number of hydrogen-bond donors (Lipinski definition) is 1. The Labute approximate surface area is 172 Å². The highest BCUT2D eigenvalue weighted by Gasteiger charge is 2.43. The monoisotopic (exact) mass is 405 g/mol. The van der Waals surface area contributed by atoms with Crippen LogP contribution in [0, 0.1) is 5.92 Å². The molecule has 1 aliphatic rings. The van der Waals surface area contributed by atoms with Gasteiger partial charge in [-0.3, -0.25) is 9.59 Å². The quantitative estimate of drug-likeness (QED) is 0.668. The first-order chi connectivity index (χ1) is 13.6. The van der Waals surface area contributed by atoms with E-state index in [-0.39, 0.29) is 13.0 Å². The number of aliphatic hydroxyl groups excluding tert-OH is 1. The Bertz CT molecular complexity index is 712. The Morgan fingerprint density at radius 1 is 1.28 bits per heavy atom. The number of esters is 1. The van der Waals surface area contributed by atoms with E-state index in [0.29, 0.717) is 19.3 Å². The molecule has 1 aliphatic heterocycles. The minimum Gasteiger partial charge on any atom is -0.460 e. The first kappa shape index (κ1) is 22.9. The minimum atomic E-state index is -1.06. The van der Waals surface area contributed by atoms with Gasteiger partial charge >= 0.3 is 12.1 Å². The molecule has 2 amide bonds. The second-order valence-electron chi connectivity index (χ2n) is 8.38. The predicted molar refractivity (Wildman–Crippen MR) is 107 cm³/mol. The molecule has 0 aromatic heterocycles. The normalized spacial score (nSPS) is 18.9. The molecule has 2 rings (SSSR count). The maximum Gasteiger partial charge on any atom is 0.416 e. The van der Waals surface area contributed by atoms with Crippen molar-refractivity contribution in [1.82, 2.24) is 4.90 Å². The van der Waals surface area contributed by atoms with Gasteiger partial charge in [0.05, 0.1) is 24.5 Å². The fourth-order valence-corrected chi connectivity index (χ4v) is 3.39. The number of carbonyl (C=O) groups excluding carboxylic acids is 3. The SMILES string of the molecule is CCCC(O)C(CC(=O)OC(C)(C)C)C(=O)N1C(=O)OC[C@@H]1Cc1ccccc1. The van der Waals surface area contributed by atoms with E-state index in [0.717, 1.165) is 10.5 Å². The van der Waals surface area contributed by atoms with Crippen LogP contribution in [0.4, 0.5) is 4.79 Å². The second-order valence-corrected chi connectivity index (χ2v) is 8.38. The first-order valence-corrected chi connectivity index (χ1v) is 10.1. The number of ether oxygens (including phenoxy) is 2. The van der Waals surface area contributed by atoms with Crippen molar-refractivity contribution in [3.63, 3.8) is 0 Å². The van der Waals surface area contributed by atoms with E-state index in [4.69, 9.17) is 9.47 Å². The highest BCUT2D eigenvalue weighted by Crippen LogP contribution is 2.25. The van der Waals surface area contributed by atoms with Gasteiger partial charge in [0.2, 0.25) is 5.91 Å². The molecule has 29 heavy (non-hydrogen) atoms. The molecule has 0 radical (unpaired) electrons. The van der Waals surface area contributed by atoms with Crippen molar-refractivity contribution in [2.75, 3.05) is 6.61 Å². The summed E-state index contributed by atoms with van der Waals surface area (Å²) in [4.78, 5) is 38.9. The molecule has 0 aliphatic carbocycles. The van der Waals surface area contributed by atoms with Crippen LogP contribution >= 0.6 is 0 Å². The third kappa shape index (κ3) is 6.56. The van der Waals surface area contributed by atoms with Crippen molar-refractivity contribution in [2.45, 2.75) is 71.1 Å². The zero-order valence-electron chi connectivity index (χ0n) is 17.6. The predicted octanol–water partition coefficient (Wildman–Crippen LogP) is 3.09. The molecule has 1 aromatic rings. The summed E-state index contributed by atoms with van der Waals surface area (Å²) in [5.74, 6) is -2.24. The molecule has 0 saturated carbocycles. The number of benzene rings is 1. The van der Waals surface area contributed by atoms with Crippen molar-refractivity contribution >= 4 is 18.0 Å². The number of hydrogen-bond acceptors (Lipinski definition) is 6. The van der Waals surface area contributed by atoms with Gasteiger partial charge in [-0.05, 0) is 39.2 Å². The van der Waals surface area contributed by atoms with E-state index < -0.39 is 41.6 Å². The average Bonchev–Trinajstić information content (AvgIpc) is 2.99. The molecule has 3 atom stereocenters. The summed E-state index contributed by atoms with van der Waals surface area (Å²) in [5, 5.41) is 10.5. The lowest BCUT2D eigenvalue weighted by atomic mass is 9.92. The Balaban J connectivity index is 2.20. The van der Waals surface area contributed by atoms with Gasteiger partial charge in [-0.1, -0.05) is 43.7 Å². The number of carbonyl (C=O) groups is 3. The van der Waals surface area contributed by atoms with Crippen molar-refractivity contribution in [3.05, 3.63) is 35.9 Å². The van der Waals surface area contributed by atoms with Crippen LogP contribution in [0.5, 0.6) is 0 Å². The number of amides is 2. The fourth-order valence-electron chi connectivity index (χ4n) is 3.39. The molecule has 1 aromatic carbocycles. The summed E-state index contributed by atoms with van der Waals surface area (Å²) >= 11 is 0. The lowest BCUT2D eigenvalue weighted by Gasteiger charge is -2.28. The molecular weight excluding hydrogens is 374 g/mol. The summed E-state index contributed by atoms with van der Waals surface area (Å²) in [5.41, 5.74) is 0.259. The first-order valence-electron chi connectivity index (χ1n) is 10.1. The van der Waals surface area contributed by atoms with Crippen LogP contribution in [0.25, 0.3) is 0 Å². The molecule has 2 unspecified atom stereocenters. The van der Waals surface area contributed by atoms with Gasteiger partial charge in [0.1, 0.15) is 12.2 Å². The van der Waals surface area contributed by atoms with E-state index in [1.807, 2.05) is 37.3 Å². The van der Waals surface area contributed by atoms with Gasteiger partial charge in [0.15, 0.2) is 0 Å². The molecule has 1 N–H and O–H groups in total. The summed E-state index contributed by atoms with van der Waals surface area (Å²) in [6.07, 6.45) is -0.664. The molecular formula is C22H31NO6. The number of cyclic esters (lactones) is 1. The van der Waals surface area contributed by atoms with Crippen LogP contribution in [0.1, 0.15) is 52.5 Å². The van der Waals surface area contributed by atoms with E-state index >= 15 is 0 Å². The minimum absolute atomic E-state index is 0.0858. The van der Waals surface area contributed by atoms with E-state index in [9.17, 15) is 19.5 Å². The molecule has 7 heteroatoms. The Hall–Kier alpha value is -2.41. The highest BCUT2D eigenvalue weighted by molar-refractivity contribution is 5.96. The van der Waals surface area contributed by atoms with Crippen molar-refractivity contribution in [3.8, 4) is 0 Å². The zero-order valence-corrected chi connectivity index (χ0v) is 17.6. The average molecular weight is 405 g/mol. The van der Waals surface area contributed by atoms with E-state index in [1.165, 1.54) is 0 Å². The van der Waals surface area contributed by atoms with Gasteiger partial charge < -0.3 is 14.6 Å². The largest absolute Gasteiger partial charge is 0.460 e. The standard InChI is InChI=1S/C22H31NO6/c1-5-9-18(24)17(13-19(25)29-22(2,3)4)20(26)23-16(14-28-21(23)27)12-15-10-7-6-8-11-15/h6-8,10-11,16-18,24H,5,9,12-14H2,1-4H3/t16-,17?,18?/m0/s1. The Morgan fingerprint density at radius 3 is 2.52 bits per heavy atom. The van der Waals surface area contributed by atoms with Crippen LogP contribution in [-0.2, 0) is 25.5 Å². The van der Waals surface area contributed by atoms with Crippen LogP contribution in [-0.4, -0.2) is 52.3 Å². The molecule has 1 fully saturated rings. The van der Waals surface area contributed by atoms with Crippen molar-refractivity contribution in [2.24, 2.45) is 5.92 Å². The van der Waals surface area contributed by atoms with E-state index in [2.05, 4.69) is 0 Å². The summed E-state index contributed by atoms with van der Waals surface area (Å²) in [7, 11) is 0. The van der Waals surface area contributed by atoms with Gasteiger partial charge in [-0.2, -0.15) is 0 Å². The third-order valence-electron chi connectivity index (χ3n) is 4.69. The summed E-state index contributed by atoms with van der Waals surface area (Å²) in [6, 6.07) is 9.00. The number of rotatable bonds is 8. The van der Waals surface area contributed by atoms with Gasteiger partial charge in [0.25, 0.3) is 0 Å². The maximum atomic E-state index is 13.2. The Kier molecular flexibility index (Phi) is 7.79. The number of aliphatic hydroxyl groups is 1. The third-order valence-corrected chi connectivity index (χ3v) is 4.69. The molecule has 1 heterocycles. The highest BCUT2D eigenvalue weighted by atomic mass is 16.6. The zero-order chi connectivity index (χ0) is 21.6. The molecule has 1 saturated heterocycles. The lowest BCUT2D eigenvalue weighted by Crippen LogP contribution is -2.47. The van der Waals surface area contributed by atoms with Gasteiger partial charge in [0, 0.05) is 0 Å². The van der Waals surface area contributed by atoms with Crippen molar-refractivity contribution in [1.29, 1.82) is 0 Å². The molecule has 0 spiro atoms. The summed E-state index contributed by atoms with van der Waals surface area (Å²) < 4.78 is 10.4. The Morgan fingerprint density at radius 2 is 1.93 bits per heavy atom. The van der Waals surface area contributed by atoms with Crippen LogP contribution in [0.15, 0.2) is 30.3 Å². The van der Waals surface area contributed by atoms with Crippen LogP contribution in [0.3, 0.4) is 0 Å². The second kappa shape index (κ2) is 9.87. The summed E-state index contributed by atoms with van der Waals surface area (Å²) in [6.45, 7) is 7.16. The van der Waals surface area contributed by atoms with Crippen LogP contribution in [0.2, 0.25) is 0 Å².